The molecule has 0 radical (unpaired) electrons. The second kappa shape index (κ2) is 8.18. The fourth-order valence-electron chi connectivity index (χ4n) is 3.23. The predicted molar refractivity (Wildman–Crippen MR) is 95.8 cm³/mol. The number of rotatable bonds is 5. The largest absolute Gasteiger partial charge is 0.497 e. The highest BCUT2D eigenvalue weighted by Crippen LogP contribution is 2.28. The lowest BCUT2D eigenvalue weighted by Gasteiger charge is -2.31. The van der Waals surface area contributed by atoms with E-state index >= 15 is 0 Å². The van der Waals surface area contributed by atoms with Crippen LogP contribution in [0.4, 0.5) is 13.2 Å². The Labute approximate surface area is 164 Å². The van der Waals surface area contributed by atoms with Gasteiger partial charge in [0.15, 0.2) is 6.61 Å². The van der Waals surface area contributed by atoms with Crippen LogP contribution in [0.5, 0.6) is 11.5 Å². The van der Waals surface area contributed by atoms with E-state index in [1.54, 1.807) is 29.2 Å². The number of piperidine rings is 1. The number of ether oxygens (including phenoxy) is 2. The Hall–Kier alpha value is -2.98. The Morgan fingerprint density at radius 2 is 1.90 bits per heavy atom. The number of hydrogen-bond donors (Lipinski definition) is 0. The second-order valence-corrected chi connectivity index (χ2v) is 6.69. The van der Waals surface area contributed by atoms with Gasteiger partial charge in [-0.1, -0.05) is 6.07 Å². The second-order valence-electron chi connectivity index (χ2n) is 6.69. The average Bonchev–Trinajstić information content (AvgIpc) is 3.01. The van der Waals surface area contributed by atoms with Crippen LogP contribution in [0, 0.1) is 0 Å². The number of carbonyl (C=O) groups excluding carboxylic acids is 1. The third-order valence-corrected chi connectivity index (χ3v) is 4.82. The Kier molecular flexibility index (Phi) is 5.85. The van der Waals surface area contributed by atoms with E-state index in [-0.39, 0.29) is 12.5 Å². The van der Waals surface area contributed by atoms with E-state index in [1.165, 1.54) is 7.11 Å². The molecule has 0 atom stereocenters. The number of alkyl halides is 3. The van der Waals surface area contributed by atoms with Crippen LogP contribution >= 0.6 is 0 Å². The molecule has 0 saturated carbocycles. The minimum atomic E-state index is -4.70. The van der Waals surface area contributed by atoms with Crippen LogP contribution < -0.4 is 15.2 Å². The molecule has 3 rings (SSSR count). The van der Waals surface area contributed by atoms with E-state index in [0.717, 1.165) is 11.7 Å². The van der Waals surface area contributed by atoms with Gasteiger partial charge in [0.1, 0.15) is 11.5 Å². The molecule has 158 valence electrons. The highest BCUT2D eigenvalue weighted by atomic mass is 19.4. The summed E-state index contributed by atoms with van der Waals surface area (Å²) in [6.45, 7) is 0.435. The van der Waals surface area contributed by atoms with Gasteiger partial charge in [0.2, 0.25) is 5.82 Å². The molecule has 1 amide bonds. The van der Waals surface area contributed by atoms with E-state index in [4.69, 9.17) is 9.47 Å². The lowest BCUT2D eigenvalue weighted by atomic mass is 10.1. The monoisotopic (exact) mass is 414 g/mol. The minimum absolute atomic E-state index is 0.167. The molecule has 0 aliphatic carbocycles. The van der Waals surface area contributed by atoms with Gasteiger partial charge in [0.05, 0.1) is 13.2 Å². The average molecular weight is 414 g/mol. The fourth-order valence-corrected chi connectivity index (χ4v) is 3.23. The number of amides is 1. The molecule has 8 nitrogen and oxygen atoms in total. The predicted octanol–water partition coefficient (Wildman–Crippen LogP) is 1.85. The van der Waals surface area contributed by atoms with E-state index in [1.807, 2.05) is 0 Å². The van der Waals surface area contributed by atoms with Crippen LogP contribution in [0.25, 0.3) is 0 Å². The Bertz CT molecular complexity index is 930. The molecule has 11 heteroatoms. The molecule has 0 spiro atoms. The zero-order valence-corrected chi connectivity index (χ0v) is 16.0. The minimum Gasteiger partial charge on any atom is -0.497 e. The SMILES string of the molecule is COc1cccc(OCC(=O)N2CCC(n3nc(C(F)(F)F)n(C)c3=O)CC2)c1. The Morgan fingerprint density at radius 3 is 2.48 bits per heavy atom. The summed E-state index contributed by atoms with van der Waals surface area (Å²) in [5.41, 5.74) is -0.816. The molecule has 0 bridgehead atoms. The lowest BCUT2D eigenvalue weighted by molar-refractivity contribution is -0.147. The van der Waals surface area contributed by atoms with Crippen molar-refractivity contribution in [2.45, 2.75) is 25.1 Å². The molecule has 0 N–H and O–H groups in total. The van der Waals surface area contributed by atoms with Gasteiger partial charge in [-0.15, -0.1) is 5.10 Å². The number of likely N-dealkylation sites (tertiary alicyclic amines) is 1. The zero-order valence-electron chi connectivity index (χ0n) is 16.0. The summed E-state index contributed by atoms with van der Waals surface area (Å²) >= 11 is 0. The van der Waals surface area contributed by atoms with E-state index in [9.17, 15) is 22.8 Å². The third-order valence-electron chi connectivity index (χ3n) is 4.82. The first-order valence-electron chi connectivity index (χ1n) is 8.98. The van der Waals surface area contributed by atoms with Gasteiger partial charge in [-0.3, -0.25) is 9.36 Å². The van der Waals surface area contributed by atoms with Crippen molar-refractivity contribution in [3.63, 3.8) is 0 Å². The first-order chi connectivity index (χ1) is 13.7. The fraction of sp³-hybridized carbons (Fsp3) is 0.500. The summed E-state index contributed by atoms with van der Waals surface area (Å²) in [5, 5.41) is 3.47. The highest BCUT2D eigenvalue weighted by molar-refractivity contribution is 5.77. The van der Waals surface area contributed by atoms with Crippen LogP contribution in [0.15, 0.2) is 29.1 Å². The summed E-state index contributed by atoms with van der Waals surface area (Å²) in [4.78, 5) is 26.0. The Morgan fingerprint density at radius 1 is 1.24 bits per heavy atom. The van der Waals surface area contributed by atoms with Gasteiger partial charge in [-0.25, -0.2) is 9.48 Å². The van der Waals surface area contributed by atoms with E-state index in [0.29, 0.717) is 42.0 Å². The zero-order chi connectivity index (χ0) is 21.2. The van der Waals surface area contributed by atoms with E-state index in [2.05, 4.69) is 5.10 Å². The summed E-state index contributed by atoms with van der Waals surface area (Å²) in [5.74, 6) is -0.370. The van der Waals surface area contributed by atoms with Crippen molar-refractivity contribution < 1.29 is 27.4 Å². The van der Waals surface area contributed by atoms with Crippen molar-refractivity contribution in [1.82, 2.24) is 19.2 Å². The molecule has 29 heavy (non-hydrogen) atoms. The molecular formula is C18H21F3N4O4. The first-order valence-corrected chi connectivity index (χ1v) is 8.98. The number of hydrogen-bond acceptors (Lipinski definition) is 5. The van der Waals surface area contributed by atoms with Gasteiger partial charge < -0.3 is 14.4 Å². The van der Waals surface area contributed by atoms with Crippen LogP contribution in [-0.2, 0) is 18.0 Å². The van der Waals surface area contributed by atoms with Crippen LogP contribution in [-0.4, -0.2) is 52.0 Å². The van der Waals surface area contributed by atoms with Gasteiger partial charge in [-0.05, 0) is 25.0 Å². The maximum atomic E-state index is 12.9. The quantitative estimate of drug-likeness (QED) is 0.746. The topological polar surface area (TPSA) is 78.6 Å². The number of methoxy groups -OCH3 is 1. The van der Waals surface area contributed by atoms with Gasteiger partial charge in [-0.2, -0.15) is 13.2 Å². The highest BCUT2D eigenvalue weighted by Gasteiger charge is 2.39. The summed E-state index contributed by atoms with van der Waals surface area (Å²) < 4.78 is 50.8. The van der Waals surface area contributed by atoms with Crippen LogP contribution in [0.1, 0.15) is 24.7 Å². The first kappa shape index (κ1) is 20.7. The summed E-state index contributed by atoms with van der Waals surface area (Å²) in [6, 6.07) is 6.36. The molecule has 0 unspecified atom stereocenters. The van der Waals surface area contributed by atoms with Gasteiger partial charge >= 0.3 is 11.9 Å². The molecule has 1 aliphatic heterocycles. The number of aromatic nitrogens is 3. The van der Waals surface area contributed by atoms with Crippen molar-refractivity contribution in [2.24, 2.45) is 7.05 Å². The summed E-state index contributed by atoms with van der Waals surface area (Å²) in [7, 11) is 2.57. The number of nitrogens with zero attached hydrogens (tertiary/aromatic N) is 4. The molecule has 1 fully saturated rings. The van der Waals surface area contributed by atoms with Crippen molar-refractivity contribution in [3.8, 4) is 11.5 Å². The smallest absolute Gasteiger partial charge is 0.451 e. The van der Waals surface area contributed by atoms with Crippen LogP contribution in [0.2, 0.25) is 0 Å². The summed E-state index contributed by atoms with van der Waals surface area (Å²) in [6.07, 6.45) is -4.04. The maximum absolute atomic E-state index is 12.9. The molecule has 1 saturated heterocycles. The Balaban J connectivity index is 1.58. The van der Waals surface area contributed by atoms with Gasteiger partial charge in [0.25, 0.3) is 5.91 Å². The van der Waals surface area contributed by atoms with Crippen molar-refractivity contribution >= 4 is 5.91 Å². The molecular weight excluding hydrogens is 393 g/mol. The van der Waals surface area contributed by atoms with Crippen LogP contribution in [0.3, 0.4) is 0 Å². The molecule has 2 aromatic rings. The van der Waals surface area contributed by atoms with E-state index < -0.39 is 23.7 Å². The molecule has 2 heterocycles. The van der Waals surface area contributed by atoms with Crippen molar-refractivity contribution in [2.75, 3.05) is 26.8 Å². The normalized spacial score (nSPS) is 15.4. The third kappa shape index (κ3) is 4.54. The number of benzene rings is 1. The molecule has 1 aliphatic rings. The number of halogens is 3. The molecule has 1 aromatic heterocycles. The maximum Gasteiger partial charge on any atom is 0.451 e. The molecule has 1 aromatic carbocycles. The lowest BCUT2D eigenvalue weighted by Crippen LogP contribution is -2.43. The van der Waals surface area contributed by atoms with Crippen molar-refractivity contribution in [1.29, 1.82) is 0 Å². The van der Waals surface area contributed by atoms with Crippen molar-refractivity contribution in [3.05, 3.63) is 40.6 Å². The standard InChI is InChI=1S/C18H21F3N4O4/c1-23-16(18(19,20)21)22-25(17(23)27)12-6-8-24(9-7-12)15(26)11-29-14-5-3-4-13(10-14)28-2/h3-5,10,12H,6-9,11H2,1-2H3. The number of carbonyl (C=O) groups is 1. The van der Waals surface area contributed by atoms with Gasteiger partial charge in [0, 0.05) is 26.2 Å².